The van der Waals surface area contributed by atoms with E-state index in [1.54, 1.807) is 25.7 Å². The van der Waals surface area contributed by atoms with E-state index in [2.05, 4.69) is 0 Å². The summed E-state index contributed by atoms with van der Waals surface area (Å²) in [5.74, 6) is 9.99. The van der Waals surface area contributed by atoms with Crippen LogP contribution < -0.4 is 0 Å². The maximum atomic E-state index is 1.67. The number of rotatable bonds is 0. The van der Waals surface area contributed by atoms with Gasteiger partial charge in [-0.05, 0) is 73.0 Å². The van der Waals surface area contributed by atoms with Crippen molar-refractivity contribution in [1.29, 1.82) is 0 Å². The first-order chi connectivity index (χ1) is 5.93. The van der Waals surface area contributed by atoms with Crippen LogP contribution in [0.1, 0.15) is 25.7 Å². The van der Waals surface area contributed by atoms with Crippen LogP contribution in [0.25, 0.3) is 0 Å². The van der Waals surface area contributed by atoms with Crippen molar-refractivity contribution in [3.05, 3.63) is 0 Å². The molecule has 5 rings (SSSR count). The number of hydrogen-bond acceptors (Lipinski definition) is 0. The van der Waals surface area contributed by atoms with Crippen LogP contribution in [0.5, 0.6) is 0 Å². The third-order valence-corrected chi connectivity index (χ3v) is 6.47. The first-order valence-corrected chi connectivity index (χ1v) is 5.93. The molecule has 5 saturated carbocycles. The summed E-state index contributed by atoms with van der Waals surface area (Å²) in [5.41, 5.74) is 0. The lowest BCUT2D eigenvalue weighted by Crippen LogP contribution is -2.30. The minimum atomic E-state index is 1.23. The fourth-order valence-corrected chi connectivity index (χ4v) is 6.69. The van der Waals surface area contributed by atoms with E-state index in [9.17, 15) is 0 Å². The highest BCUT2D eigenvalue weighted by atomic mass is 14.8. The summed E-state index contributed by atoms with van der Waals surface area (Å²) in [4.78, 5) is 0. The van der Waals surface area contributed by atoms with E-state index in [4.69, 9.17) is 0 Å². The zero-order valence-corrected chi connectivity index (χ0v) is 7.45. The smallest absolute Gasteiger partial charge is 0.0321 e. The fourth-order valence-electron chi connectivity index (χ4n) is 6.69. The summed E-state index contributed by atoms with van der Waals surface area (Å²) in [6.07, 6.45) is 6.67. The molecule has 0 N–H and O–H groups in total. The summed E-state index contributed by atoms with van der Waals surface area (Å²) in [5, 5.41) is 0. The quantitative estimate of drug-likeness (QED) is 0.511. The van der Waals surface area contributed by atoms with Gasteiger partial charge >= 0.3 is 0 Å². The minimum absolute atomic E-state index is 1.23. The number of fused-ring (bicyclic) bond motifs is 1. The highest BCUT2D eigenvalue weighted by molar-refractivity contribution is 5.20. The summed E-state index contributed by atoms with van der Waals surface area (Å²) in [7, 11) is 0. The van der Waals surface area contributed by atoms with Crippen molar-refractivity contribution in [1.82, 2.24) is 0 Å². The maximum Gasteiger partial charge on any atom is -0.0321 e. The van der Waals surface area contributed by atoms with Gasteiger partial charge in [-0.3, -0.25) is 0 Å². The molecule has 5 aliphatic rings. The first-order valence-electron chi connectivity index (χ1n) is 5.93. The van der Waals surface area contributed by atoms with E-state index in [-0.39, 0.29) is 0 Å². The SMILES string of the molecule is C1C2CC3C4CC5CC(C14)C2C53. The molecular formula is C12H16. The van der Waals surface area contributed by atoms with E-state index < -0.39 is 0 Å². The fraction of sp³-hybridized carbons (Fsp3) is 1.00. The Morgan fingerprint density at radius 2 is 0.917 bits per heavy atom. The Kier molecular flexibility index (Phi) is 0.663. The van der Waals surface area contributed by atoms with Crippen LogP contribution in [-0.4, -0.2) is 0 Å². The van der Waals surface area contributed by atoms with Gasteiger partial charge in [0.2, 0.25) is 0 Å². The molecule has 0 aromatic heterocycles. The molecule has 0 spiro atoms. The van der Waals surface area contributed by atoms with Gasteiger partial charge in [0.25, 0.3) is 0 Å². The molecule has 0 nitrogen and oxygen atoms in total. The second kappa shape index (κ2) is 1.40. The van der Waals surface area contributed by atoms with Crippen LogP contribution in [-0.2, 0) is 0 Å². The van der Waals surface area contributed by atoms with Crippen LogP contribution in [0.4, 0.5) is 0 Å². The second-order valence-corrected chi connectivity index (χ2v) is 6.27. The van der Waals surface area contributed by atoms with Crippen molar-refractivity contribution in [2.24, 2.45) is 47.3 Å². The lowest BCUT2D eigenvalue weighted by molar-refractivity contribution is 0.116. The lowest BCUT2D eigenvalue weighted by atomic mass is 9.68. The van der Waals surface area contributed by atoms with Gasteiger partial charge in [0.15, 0.2) is 0 Å². The predicted octanol–water partition coefficient (Wildman–Crippen LogP) is 2.54. The van der Waals surface area contributed by atoms with Gasteiger partial charge in [0.05, 0.1) is 0 Å². The van der Waals surface area contributed by atoms with Gasteiger partial charge in [0, 0.05) is 0 Å². The molecule has 5 fully saturated rings. The average Bonchev–Trinajstić information content (AvgIpc) is 2.67. The van der Waals surface area contributed by atoms with Crippen molar-refractivity contribution in [2.45, 2.75) is 25.7 Å². The third-order valence-electron chi connectivity index (χ3n) is 6.47. The largest absolute Gasteiger partial charge is 0.0467 e. The molecule has 6 bridgehead atoms. The van der Waals surface area contributed by atoms with E-state index >= 15 is 0 Å². The lowest BCUT2D eigenvalue weighted by Gasteiger charge is -2.37. The van der Waals surface area contributed by atoms with Gasteiger partial charge < -0.3 is 0 Å². The molecule has 0 aromatic carbocycles. The molecule has 0 aromatic rings. The van der Waals surface area contributed by atoms with Crippen LogP contribution in [0.3, 0.4) is 0 Å². The van der Waals surface area contributed by atoms with Crippen LogP contribution in [0.15, 0.2) is 0 Å². The summed E-state index contributed by atoms with van der Waals surface area (Å²) in [6.45, 7) is 0. The van der Waals surface area contributed by atoms with Crippen LogP contribution in [0, 0.1) is 47.3 Å². The predicted molar refractivity (Wildman–Crippen MR) is 46.4 cm³/mol. The summed E-state index contributed by atoms with van der Waals surface area (Å²) in [6, 6.07) is 0. The topological polar surface area (TPSA) is 0 Å². The second-order valence-electron chi connectivity index (χ2n) is 6.27. The molecule has 0 radical (unpaired) electrons. The standard InChI is InChI=1S/C12H16/c1-5-3-10-8-2-6-4-9(7(1)8)11(5)12(6)10/h5-12H,1-4H2. The van der Waals surface area contributed by atoms with Crippen molar-refractivity contribution >= 4 is 0 Å². The molecule has 0 heteroatoms. The molecule has 0 aliphatic heterocycles. The van der Waals surface area contributed by atoms with E-state index in [1.165, 1.54) is 47.3 Å². The highest BCUT2D eigenvalue weighted by Gasteiger charge is 2.71. The van der Waals surface area contributed by atoms with Crippen LogP contribution in [0.2, 0.25) is 0 Å². The van der Waals surface area contributed by atoms with Gasteiger partial charge in [0.1, 0.15) is 0 Å². The van der Waals surface area contributed by atoms with Crippen molar-refractivity contribution in [3.8, 4) is 0 Å². The van der Waals surface area contributed by atoms with E-state index in [1.807, 2.05) is 0 Å². The zero-order chi connectivity index (χ0) is 7.45. The zero-order valence-electron chi connectivity index (χ0n) is 7.45. The summed E-state index contributed by atoms with van der Waals surface area (Å²) < 4.78 is 0. The normalized spacial score (nSPS) is 80.0. The Bertz CT molecular complexity index is 224. The molecule has 0 saturated heterocycles. The van der Waals surface area contributed by atoms with E-state index in [0.717, 1.165) is 0 Å². The van der Waals surface area contributed by atoms with Gasteiger partial charge in [-0.1, -0.05) is 0 Å². The Balaban J connectivity index is 1.85. The molecule has 8 atom stereocenters. The molecule has 64 valence electrons. The average molecular weight is 160 g/mol. The van der Waals surface area contributed by atoms with Gasteiger partial charge in [-0.25, -0.2) is 0 Å². The minimum Gasteiger partial charge on any atom is -0.0467 e. The summed E-state index contributed by atoms with van der Waals surface area (Å²) >= 11 is 0. The van der Waals surface area contributed by atoms with Crippen molar-refractivity contribution in [3.63, 3.8) is 0 Å². The van der Waals surface area contributed by atoms with Crippen molar-refractivity contribution < 1.29 is 0 Å². The Labute approximate surface area is 73.7 Å². The van der Waals surface area contributed by atoms with Crippen LogP contribution >= 0.6 is 0 Å². The molecule has 0 heterocycles. The molecule has 0 amide bonds. The van der Waals surface area contributed by atoms with Crippen molar-refractivity contribution in [2.75, 3.05) is 0 Å². The monoisotopic (exact) mass is 160 g/mol. The number of hydrogen-bond donors (Lipinski definition) is 0. The van der Waals surface area contributed by atoms with Gasteiger partial charge in [-0.15, -0.1) is 0 Å². The third kappa shape index (κ3) is 0.352. The Morgan fingerprint density at radius 3 is 1.42 bits per heavy atom. The molecule has 8 unspecified atom stereocenters. The first kappa shape index (κ1) is 5.67. The Morgan fingerprint density at radius 1 is 0.500 bits per heavy atom. The van der Waals surface area contributed by atoms with E-state index in [0.29, 0.717) is 0 Å². The highest BCUT2D eigenvalue weighted by Crippen LogP contribution is 2.78. The maximum absolute atomic E-state index is 1.67. The molecule has 12 heavy (non-hydrogen) atoms. The molecule has 5 aliphatic carbocycles. The Hall–Kier alpha value is 0. The van der Waals surface area contributed by atoms with Gasteiger partial charge in [-0.2, -0.15) is 0 Å². The molecular weight excluding hydrogens is 144 g/mol.